The zero-order valence-corrected chi connectivity index (χ0v) is 80.8. The van der Waals surface area contributed by atoms with Crippen molar-refractivity contribution in [1.29, 1.82) is 0 Å². The maximum Gasteiger partial charge on any atom is 2.00 e. The Morgan fingerprint density at radius 1 is 0.301 bits per heavy atom. The molecule has 2 spiro atoms. The minimum atomic E-state index is -0.479. The fraction of sp³-hybridized carbons (Fsp3) is 0.314. The van der Waals surface area contributed by atoms with Gasteiger partial charge in [-0.05, 0) is 128 Å². The molecule has 0 bridgehead atoms. The molecule has 0 fully saturated rings. The van der Waals surface area contributed by atoms with Crippen LogP contribution >= 0.6 is 0 Å². The molecule has 0 radical (unpaired) electrons. The van der Waals surface area contributed by atoms with E-state index in [2.05, 4.69) is 273 Å². The third-order valence-electron chi connectivity index (χ3n) is 21.8. The van der Waals surface area contributed by atoms with E-state index in [-0.39, 0.29) is 74.1 Å². The van der Waals surface area contributed by atoms with Crippen LogP contribution in [0.1, 0.15) is 290 Å². The molecule has 0 N–H and O–H groups in total. The Bertz CT molecular complexity index is 5160. The molecular formula is C105H124N6U2+2. The zero-order valence-electron chi connectivity index (χ0n) is 72.5. The van der Waals surface area contributed by atoms with Gasteiger partial charge in [0.25, 0.3) is 0 Å². The summed E-state index contributed by atoms with van der Waals surface area (Å²) >= 11 is 0. The van der Waals surface area contributed by atoms with Crippen molar-refractivity contribution in [2.24, 2.45) is 0 Å². The standard InChI is InChI=1S/C41H26N3.C40H26N3.12C2H6.2U/c1-2-13-30(14-3-1)42-23-41-37-32(42)16-7-17-33(37)44-31-15-5-4-9-24(31)19-29-22-28-21-26-11-6-10-25-20-27-12-8-18-43(41)39(27)36(34(25)26)35(28)38(41)40(29)44;1-2-13-29(14-3-1)41-24-40-37-33(41)18-10-19-34(37)43-31-16-7-5-12-26(31)22-28-23-27-21-25-11-4-6-15-30(25)36(35(27)38(40)39(28)43)32-17-8-9-20-42(32)40;12*1-2;;/h1-13,15-18,22-23,36H,19-21H2;1-13,15-20,23-24,36H,21-22H2;12*1-2H3;;/q2*-1;;;;;;;;;;;;;2*+2. The molecule has 6 nitrogen and oxygen atoms in total. The molecule has 0 saturated heterocycles. The van der Waals surface area contributed by atoms with Crippen molar-refractivity contribution in [3.63, 3.8) is 0 Å². The van der Waals surface area contributed by atoms with Crippen molar-refractivity contribution in [1.82, 2.24) is 0 Å². The van der Waals surface area contributed by atoms with Crippen LogP contribution in [0.15, 0.2) is 231 Å². The second-order valence-corrected chi connectivity index (χ2v) is 25.7. The maximum atomic E-state index is 3.57. The van der Waals surface area contributed by atoms with Gasteiger partial charge in [-0.3, -0.25) is 0 Å². The number of para-hydroxylation sites is 4. The van der Waals surface area contributed by atoms with Crippen LogP contribution in [0.3, 0.4) is 0 Å². The van der Waals surface area contributed by atoms with Crippen molar-refractivity contribution in [3.8, 4) is 0 Å². The van der Waals surface area contributed by atoms with Gasteiger partial charge in [-0.2, -0.15) is 73.8 Å². The van der Waals surface area contributed by atoms with E-state index in [9.17, 15) is 0 Å². The number of hydrogen-bond acceptors (Lipinski definition) is 4. The first-order chi connectivity index (χ1) is 55.1. The molecule has 23 rings (SSSR count). The van der Waals surface area contributed by atoms with Crippen LogP contribution in [0.25, 0.3) is 0 Å². The first kappa shape index (κ1) is 90.3. The van der Waals surface area contributed by atoms with E-state index < -0.39 is 11.1 Å². The average Bonchev–Trinajstić information content (AvgIpc) is 1.63. The normalized spacial score (nSPS) is 16.6. The Morgan fingerprint density at radius 3 is 1.15 bits per heavy atom. The summed E-state index contributed by atoms with van der Waals surface area (Å²) in [7, 11) is 0. The number of fused-ring (bicyclic) bond motifs is 10. The minimum Gasteiger partial charge on any atom is -0.507 e. The number of rotatable bonds is 2. The fourth-order valence-electron chi connectivity index (χ4n) is 18.9. The molecule has 580 valence electrons. The number of anilines is 10. The number of benzene rings is 10. The van der Waals surface area contributed by atoms with Gasteiger partial charge in [-0.1, -0.05) is 275 Å². The molecule has 11 aliphatic rings. The Labute approximate surface area is 730 Å². The monoisotopic (exact) mass is 1950 g/mol. The average molecular weight is 1950 g/mol. The summed E-state index contributed by atoms with van der Waals surface area (Å²) in [5.41, 5.74) is 40.7. The van der Waals surface area contributed by atoms with Gasteiger partial charge >= 0.3 is 62.2 Å². The van der Waals surface area contributed by atoms with Crippen LogP contribution < -0.4 is 28.7 Å². The summed E-state index contributed by atoms with van der Waals surface area (Å²) in [6, 6.07) is 88.6. The predicted molar refractivity (Wildman–Crippen MR) is 476 cm³/mol. The van der Waals surface area contributed by atoms with Crippen molar-refractivity contribution >= 4 is 56.9 Å². The van der Waals surface area contributed by atoms with E-state index in [0.717, 1.165) is 43.5 Å². The first-order valence-electron chi connectivity index (χ1n) is 43.0. The summed E-state index contributed by atoms with van der Waals surface area (Å²) in [5.74, 6) is 0.435. The maximum absolute atomic E-state index is 3.57. The van der Waals surface area contributed by atoms with Gasteiger partial charge in [0.1, 0.15) is 11.1 Å². The Morgan fingerprint density at radius 2 is 0.664 bits per heavy atom. The fourth-order valence-corrected chi connectivity index (χ4v) is 18.9. The molecule has 12 aromatic rings. The second-order valence-electron chi connectivity index (χ2n) is 25.7. The molecule has 8 heteroatoms. The molecule has 0 amide bonds. The zero-order chi connectivity index (χ0) is 80.2. The van der Waals surface area contributed by atoms with Gasteiger partial charge in [-0.25, -0.2) is 9.13 Å². The van der Waals surface area contributed by atoms with Gasteiger partial charge in [0.15, 0.2) is 23.8 Å². The predicted octanol–water partition coefficient (Wildman–Crippen LogP) is 28.1. The van der Waals surface area contributed by atoms with Crippen molar-refractivity contribution in [2.45, 2.75) is 221 Å². The molecule has 8 aliphatic heterocycles. The number of hydrogen-bond donors (Lipinski definition) is 0. The van der Waals surface area contributed by atoms with E-state index in [0.29, 0.717) is 0 Å². The molecule has 0 saturated carbocycles. The number of aromatic nitrogens is 2. The molecule has 10 heterocycles. The van der Waals surface area contributed by atoms with Crippen LogP contribution in [0.5, 0.6) is 0 Å². The molecule has 2 aromatic heterocycles. The SMILES string of the molecule is CC.CC.CC.CC.CC.CC.CC.CC.CC.CC.CC.CC.[U+2].[U+2].[c-]1ccccc1N1[CH-]C23c4c1cccc4N1c4ccccc4Cc4cc5c(c2c41)C(c1ccccc1C5)c1cccc[n+]13.[c-]1ccccc1N1[CH-]C23c4c1cccc4N1c4ccccc4Cc4cc5c(c2c41)C1c2c(cccc2Cc2ccc[n+]3c21)C5. The summed E-state index contributed by atoms with van der Waals surface area (Å²) in [6.45, 7) is 53.0. The molecule has 10 aromatic carbocycles. The summed E-state index contributed by atoms with van der Waals surface area (Å²) in [4.78, 5) is 10.0. The van der Waals surface area contributed by atoms with Crippen LogP contribution in [-0.4, -0.2) is 0 Å². The van der Waals surface area contributed by atoms with Gasteiger partial charge in [-0.15, -0.1) is 11.4 Å². The second kappa shape index (κ2) is 40.4. The van der Waals surface area contributed by atoms with Crippen LogP contribution in [0.2, 0.25) is 0 Å². The van der Waals surface area contributed by atoms with Crippen molar-refractivity contribution in [2.75, 3.05) is 19.6 Å². The number of pyridine rings is 2. The number of nitrogens with zero attached hydrogens (tertiary/aromatic N) is 6. The third kappa shape index (κ3) is 13.9. The summed E-state index contributed by atoms with van der Waals surface area (Å²) < 4.78 is 5.29. The van der Waals surface area contributed by atoms with E-state index in [4.69, 9.17) is 0 Å². The van der Waals surface area contributed by atoms with Crippen molar-refractivity contribution < 1.29 is 71.4 Å². The quantitative estimate of drug-likeness (QED) is 0.127. The largest absolute Gasteiger partial charge is 2.00 e. The summed E-state index contributed by atoms with van der Waals surface area (Å²) in [6.07, 6.45) is 9.57. The summed E-state index contributed by atoms with van der Waals surface area (Å²) in [5, 5.41) is 0. The minimum absolute atomic E-state index is 0. The first-order valence-corrected chi connectivity index (χ1v) is 43.0. The van der Waals surface area contributed by atoms with Crippen molar-refractivity contribution in [3.05, 3.63) is 368 Å². The van der Waals surface area contributed by atoms with E-state index in [1.807, 2.05) is 178 Å². The molecule has 4 atom stereocenters. The van der Waals surface area contributed by atoms with Gasteiger partial charge in [0.2, 0.25) is 0 Å². The van der Waals surface area contributed by atoms with E-state index >= 15 is 0 Å². The van der Waals surface area contributed by atoms with Gasteiger partial charge in [0.05, 0.1) is 34.6 Å². The van der Waals surface area contributed by atoms with Crippen LogP contribution in [-0.2, 0) is 43.2 Å². The Hall–Kier alpha value is -8.20. The van der Waals surface area contributed by atoms with Crippen LogP contribution in [0, 0.1) is 87.4 Å². The van der Waals surface area contributed by atoms with Gasteiger partial charge < -0.3 is 19.6 Å². The topological polar surface area (TPSA) is 20.7 Å². The molecule has 4 unspecified atom stereocenters. The molecular weight excluding hydrogens is 1820 g/mol. The third-order valence-corrected chi connectivity index (χ3v) is 21.8. The Balaban J connectivity index is 0.000000222. The van der Waals surface area contributed by atoms with Crippen LogP contribution in [0.4, 0.5) is 56.9 Å². The smallest absolute Gasteiger partial charge is 0.507 e. The van der Waals surface area contributed by atoms with Gasteiger partial charge in [0, 0.05) is 88.0 Å². The van der Waals surface area contributed by atoms with E-state index in [1.165, 1.54) is 146 Å². The van der Waals surface area contributed by atoms with E-state index in [1.54, 1.807) is 11.1 Å². The molecule has 113 heavy (non-hydrogen) atoms. The molecule has 3 aliphatic carbocycles. The Kier molecular flexibility index (Phi) is 32.3.